The van der Waals surface area contributed by atoms with Gasteiger partial charge >= 0.3 is 0 Å². The maximum absolute atomic E-state index is 6.03. The van der Waals surface area contributed by atoms with Gasteiger partial charge in [-0.2, -0.15) is 4.98 Å². The summed E-state index contributed by atoms with van der Waals surface area (Å²) in [5.41, 5.74) is 5.03. The molecule has 5 rings (SSSR count). The van der Waals surface area contributed by atoms with Gasteiger partial charge in [-0.3, -0.25) is 0 Å². The van der Waals surface area contributed by atoms with Crippen LogP contribution in [0.2, 0.25) is 0 Å². The van der Waals surface area contributed by atoms with Crippen molar-refractivity contribution in [2.75, 3.05) is 25.1 Å². The zero-order chi connectivity index (χ0) is 18.1. The molecule has 1 fully saturated rings. The van der Waals surface area contributed by atoms with Crippen LogP contribution in [-0.2, 0) is 11.3 Å². The molecule has 7 heteroatoms. The Bertz CT molecular complexity index is 991. The van der Waals surface area contributed by atoms with E-state index in [4.69, 9.17) is 9.47 Å². The van der Waals surface area contributed by atoms with Crippen molar-refractivity contribution in [1.82, 2.24) is 20.0 Å². The number of benzene rings is 1. The van der Waals surface area contributed by atoms with E-state index in [1.54, 1.807) is 0 Å². The first-order valence-electron chi connectivity index (χ1n) is 9.33. The van der Waals surface area contributed by atoms with Gasteiger partial charge in [0.25, 0.3) is 0 Å². The van der Waals surface area contributed by atoms with E-state index in [1.807, 2.05) is 16.8 Å². The van der Waals surface area contributed by atoms with Crippen molar-refractivity contribution in [2.45, 2.75) is 25.5 Å². The fourth-order valence-electron chi connectivity index (χ4n) is 3.51. The highest BCUT2D eigenvalue weighted by molar-refractivity contribution is 5.71. The number of ether oxygens (including phenoxy) is 2. The van der Waals surface area contributed by atoms with Crippen molar-refractivity contribution in [3.05, 3.63) is 47.5 Å². The van der Waals surface area contributed by atoms with Crippen molar-refractivity contribution in [2.24, 2.45) is 0 Å². The van der Waals surface area contributed by atoms with Gasteiger partial charge in [-0.05, 0) is 29.3 Å². The van der Waals surface area contributed by atoms with Crippen molar-refractivity contribution in [1.29, 1.82) is 0 Å². The predicted octanol–water partition coefficient (Wildman–Crippen LogP) is 2.87. The van der Waals surface area contributed by atoms with Gasteiger partial charge in [0, 0.05) is 31.1 Å². The summed E-state index contributed by atoms with van der Waals surface area (Å²) >= 11 is 0. The Morgan fingerprint density at radius 2 is 2.11 bits per heavy atom. The molecular weight excluding hydrogens is 342 g/mol. The zero-order valence-corrected chi connectivity index (χ0v) is 15.0. The predicted molar refractivity (Wildman–Crippen MR) is 103 cm³/mol. The molecule has 4 heterocycles. The fourth-order valence-corrected chi connectivity index (χ4v) is 3.51. The lowest BCUT2D eigenvalue weighted by Gasteiger charge is -2.22. The number of pyridine rings is 1. The smallest absolute Gasteiger partial charge is 0.215 e. The standard InChI is InChI=1S/C20H21N5O2/c1-2-15-12-14(3-4-17(15)21-9-1)13-25-20-18(23-24-25)5-6-19(22-20)27-16-7-10-26-11-8-16/h1-6,12,16,21H,7-11,13H2. The zero-order valence-electron chi connectivity index (χ0n) is 15.0. The van der Waals surface area contributed by atoms with Crippen LogP contribution in [0.25, 0.3) is 17.2 Å². The normalized spacial score (nSPS) is 16.9. The number of hydrogen-bond acceptors (Lipinski definition) is 6. The third-order valence-corrected chi connectivity index (χ3v) is 4.95. The minimum atomic E-state index is 0.160. The number of nitrogens with one attached hydrogen (secondary N) is 1. The third-order valence-electron chi connectivity index (χ3n) is 4.95. The first kappa shape index (κ1) is 16.3. The van der Waals surface area contributed by atoms with Crippen LogP contribution in [0.15, 0.2) is 36.4 Å². The molecule has 0 saturated carbocycles. The third kappa shape index (κ3) is 3.38. The molecule has 1 aromatic carbocycles. The molecule has 0 radical (unpaired) electrons. The van der Waals surface area contributed by atoms with Gasteiger partial charge in [0.1, 0.15) is 11.6 Å². The Morgan fingerprint density at radius 3 is 3.04 bits per heavy atom. The van der Waals surface area contributed by atoms with E-state index in [0.29, 0.717) is 12.4 Å². The average molecular weight is 363 g/mol. The van der Waals surface area contributed by atoms with Crippen LogP contribution in [0.5, 0.6) is 5.88 Å². The monoisotopic (exact) mass is 363 g/mol. The first-order chi connectivity index (χ1) is 13.3. The van der Waals surface area contributed by atoms with Crippen molar-refractivity contribution >= 4 is 22.9 Å². The maximum Gasteiger partial charge on any atom is 0.215 e. The molecule has 0 amide bonds. The lowest BCUT2D eigenvalue weighted by Crippen LogP contribution is -2.26. The van der Waals surface area contributed by atoms with E-state index in [0.717, 1.165) is 55.0 Å². The van der Waals surface area contributed by atoms with Gasteiger partial charge < -0.3 is 14.8 Å². The number of anilines is 1. The Balaban J connectivity index is 1.40. The summed E-state index contributed by atoms with van der Waals surface area (Å²) in [6.45, 7) is 2.98. The molecule has 0 bridgehead atoms. The van der Waals surface area contributed by atoms with Crippen LogP contribution in [0.4, 0.5) is 5.69 Å². The van der Waals surface area contributed by atoms with Crippen LogP contribution in [0.1, 0.15) is 24.0 Å². The van der Waals surface area contributed by atoms with Crippen LogP contribution < -0.4 is 10.1 Å². The minimum Gasteiger partial charge on any atom is -0.474 e. The summed E-state index contributed by atoms with van der Waals surface area (Å²) in [4.78, 5) is 4.66. The van der Waals surface area contributed by atoms with E-state index in [-0.39, 0.29) is 6.10 Å². The lowest BCUT2D eigenvalue weighted by atomic mass is 10.1. The van der Waals surface area contributed by atoms with Gasteiger partial charge in [-0.15, -0.1) is 5.10 Å². The van der Waals surface area contributed by atoms with Gasteiger partial charge in [-0.25, -0.2) is 4.68 Å². The van der Waals surface area contributed by atoms with E-state index < -0.39 is 0 Å². The highest BCUT2D eigenvalue weighted by Gasteiger charge is 2.17. The number of hydrogen-bond donors (Lipinski definition) is 1. The number of fused-ring (bicyclic) bond motifs is 2. The second-order valence-corrected chi connectivity index (χ2v) is 6.87. The highest BCUT2D eigenvalue weighted by atomic mass is 16.5. The largest absolute Gasteiger partial charge is 0.474 e. The average Bonchev–Trinajstić information content (AvgIpc) is 3.11. The van der Waals surface area contributed by atoms with E-state index in [9.17, 15) is 0 Å². The van der Waals surface area contributed by atoms with E-state index in [2.05, 4.69) is 51.0 Å². The summed E-state index contributed by atoms with van der Waals surface area (Å²) < 4.78 is 13.2. The molecule has 0 atom stereocenters. The quantitative estimate of drug-likeness (QED) is 0.768. The molecule has 27 heavy (non-hydrogen) atoms. The fraction of sp³-hybridized carbons (Fsp3) is 0.350. The lowest BCUT2D eigenvalue weighted by molar-refractivity contribution is 0.0238. The van der Waals surface area contributed by atoms with Gasteiger partial charge in [0.05, 0.1) is 19.8 Å². The second kappa shape index (κ2) is 7.00. The molecule has 138 valence electrons. The molecule has 1 N–H and O–H groups in total. The topological polar surface area (TPSA) is 74.1 Å². The van der Waals surface area contributed by atoms with Crippen molar-refractivity contribution in [3.63, 3.8) is 0 Å². The van der Waals surface area contributed by atoms with Crippen LogP contribution >= 0.6 is 0 Å². The molecule has 2 aliphatic rings. The van der Waals surface area contributed by atoms with E-state index in [1.165, 1.54) is 5.56 Å². The number of aromatic nitrogens is 4. The number of nitrogens with zero attached hydrogens (tertiary/aromatic N) is 4. The summed E-state index contributed by atoms with van der Waals surface area (Å²) in [6, 6.07) is 10.2. The molecule has 7 nitrogen and oxygen atoms in total. The van der Waals surface area contributed by atoms with Gasteiger partial charge in [0.2, 0.25) is 5.88 Å². The Morgan fingerprint density at radius 1 is 1.19 bits per heavy atom. The first-order valence-corrected chi connectivity index (χ1v) is 9.33. The van der Waals surface area contributed by atoms with Gasteiger partial charge in [0.15, 0.2) is 5.65 Å². The molecule has 1 saturated heterocycles. The van der Waals surface area contributed by atoms with Crippen molar-refractivity contribution < 1.29 is 9.47 Å². The molecule has 3 aromatic rings. The highest BCUT2D eigenvalue weighted by Crippen LogP contribution is 2.23. The molecule has 0 unspecified atom stereocenters. The summed E-state index contributed by atoms with van der Waals surface area (Å²) in [5.74, 6) is 0.621. The van der Waals surface area contributed by atoms with Crippen molar-refractivity contribution in [3.8, 4) is 5.88 Å². The second-order valence-electron chi connectivity index (χ2n) is 6.87. The summed E-state index contributed by atoms with van der Waals surface area (Å²) in [5, 5.41) is 11.9. The molecule has 0 spiro atoms. The molecular formula is C20H21N5O2. The van der Waals surface area contributed by atoms with Gasteiger partial charge in [-0.1, -0.05) is 23.4 Å². The Kier molecular flexibility index (Phi) is 4.21. The number of rotatable bonds is 4. The molecule has 2 aliphatic heterocycles. The van der Waals surface area contributed by atoms with Crippen LogP contribution in [0, 0.1) is 0 Å². The maximum atomic E-state index is 6.03. The summed E-state index contributed by atoms with van der Waals surface area (Å²) in [6.07, 6.45) is 6.22. The molecule has 0 aliphatic carbocycles. The van der Waals surface area contributed by atoms with Crippen LogP contribution in [0.3, 0.4) is 0 Å². The SMILES string of the molecule is C1=Cc2cc(Cn3nnc4ccc(OC5CCOCC5)nc43)ccc2NC1. The Labute approximate surface area is 157 Å². The minimum absolute atomic E-state index is 0.160. The van der Waals surface area contributed by atoms with Crippen LogP contribution in [-0.4, -0.2) is 45.8 Å². The molecule has 2 aromatic heterocycles. The summed E-state index contributed by atoms with van der Waals surface area (Å²) in [7, 11) is 0. The Hall–Kier alpha value is -2.93. The van der Waals surface area contributed by atoms with E-state index >= 15 is 0 Å².